The van der Waals surface area contributed by atoms with Gasteiger partial charge in [0, 0.05) is 6.07 Å². The van der Waals surface area contributed by atoms with Crippen molar-refractivity contribution in [3.8, 4) is 0 Å². The van der Waals surface area contributed by atoms with Gasteiger partial charge in [-0.15, -0.1) is 0 Å². The van der Waals surface area contributed by atoms with Crippen LogP contribution in [0.15, 0.2) is 41.0 Å². The molecule has 0 unspecified atom stereocenters. The molecule has 2 N–H and O–H groups in total. The third-order valence-electron chi connectivity index (χ3n) is 2.63. The molecule has 0 aliphatic carbocycles. The molecule has 1 aromatic carbocycles. The highest BCUT2D eigenvalue weighted by Gasteiger charge is 2.20. The molecule has 0 saturated carbocycles. The Balaban J connectivity index is 2.12. The molecule has 0 atom stereocenters. The molecular formula is C13H11N3O5. The van der Waals surface area contributed by atoms with Crippen LogP contribution in [0.1, 0.15) is 26.5 Å². The lowest BCUT2D eigenvalue weighted by Crippen LogP contribution is -2.41. The van der Waals surface area contributed by atoms with Crippen LogP contribution < -0.4 is 10.9 Å². The number of hydrogen-bond acceptors (Lipinski definition) is 5. The van der Waals surface area contributed by atoms with Crippen molar-refractivity contribution in [1.82, 2.24) is 10.9 Å². The van der Waals surface area contributed by atoms with E-state index in [1.165, 1.54) is 36.6 Å². The van der Waals surface area contributed by atoms with Crippen LogP contribution >= 0.6 is 0 Å². The smallest absolute Gasteiger partial charge is 0.305 e. The summed E-state index contributed by atoms with van der Waals surface area (Å²) in [6.07, 6.45) is 1.31. The number of carbonyl (C=O) groups excluding carboxylic acids is 2. The predicted molar refractivity (Wildman–Crippen MR) is 71.5 cm³/mol. The lowest BCUT2D eigenvalue weighted by atomic mass is 10.1. The normalized spacial score (nSPS) is 9.95. The highest BCUT2D eigenvalue weighted by molar-refractivity contribution is 6.00. The van der Waals surface area contributed by atoms with Crippen LogP contribution in [0, 0.1) is 17.0 Å². The first-order chi connectivity index (χ1) is 9.99. The molecule has 0 aliphatic heterocycles. The average Bonchev–Trinajstić information content (AvgIpc) is 2.98. The quantitative estimate of drug-likeness (QED) is 0.657. The average molecular weight is 289 g/mol. The second-order valence-corrected chi connectivity index (χ2v) is 4.16. The standard InChI is InChI=1S/C13H11N3O5/c1-8-4-5-10(16(19)20)9(7-8)12(17)14-15-13(18)11-3-2-6-21-11/h2-7H,1H3,(H,14,17)(H,15,18). The van der Waals surface area contributed by atoms with Crippen molar-refractivity contribution in [3.05, 3.63) is 63.6 Å². The highest BCUT2D eigenvalue weighted by Crippen LogP contribution is 2.19. The van der Waals surface area contributed by atoms with Gasteiger partial charge in [-0.05, 0) is 30.7 Å². The zero-order chi connectivity index (χ0) is 15.4. The van der Waals surface area contributed by atoms with Gasteiger partial charge in [0.1, 0.15) is 5.56 Å². The number of furan rings is 1. The summed E-state index contributed by atoms with van der Waals surface area (Å²) in [4.78, 5) is 33.7. The molecule has 0 aliphatic rings. The number of carbonyl (C=O) groups is 2. The molecule has 0 bridgehead atoms. The fourth-order valence-electron chi connectivity index (χ4n) is 1.64. The zero-order valence-corrected chi connectivity index (χ0v) is 11.0. The number of hydrazine groups is 1. The number of amides is 2. The Hall–Kier alpha value is -3.16. The predicted octanol–water partition coefficient (Wildman–Crippen LogP) is 1.57. The van der Waals surface area contributed by atoms with Gasteiger partial charge in [0.25, 0.3) is 11.6 Å². The van der Waals surface area contributed by atoms with Crippen molar-refractivity contribution < 1.29 is 18.9 Å². The maximum Gasteiger partial charge on any atom is 0.305 e. The van der Waals surface area contributed by atoms with Crippen molar-refractivity contribution in [2.45, 2.75) is 6.92 Å². The van der Waals surface area contributed by atoms with E-state index in [0.29, 0.717) is 5.56 Å². The second kappa shape index (κ2) is 5.87. The third-order valence-corrected chi connectivity index (χ3v) is 2.63. The molecule has 0 spiro atoms. The Morgan fingerprint density at radius 2 is 1.90 bits per heavy atom. The van der Waals surface area contributed by atoms with Gasteiger partial charge in [0.2, 0.25) is 0 Å². The molecule has 0 saturated heterocycles. The van der Waals surface area contributed by atoms with Crippen LogP contribution in [0.3, 0.4) is 0 Å². The number of nitro benzene ring substituents is 1. The van der Waals surface area contributed by atoms with E-state index < -0.39 is 16.7 Å². The van der Waals surface area contributed by atoms with Gasteiger partial charge in [0.05, 0.1) is 11.2 Å². The minimum atomic E-state index is -0.787. The maximum atomic E-state index is 11.9. The molecule has 2 aromatic rings. The van der Waals surface area contributed by atoms with E-state index in [2.05, 4.69) is 10.9 Å². The van der Waals surface area contributed by atoms with Gasteiger partial charge >= 0.3 is 5.91 Å². The van der Waals surface area contributed by atoms with Crippen molar-refractivity contribution in [2.75, 3.05) is 0 Å². The third kappa shape index (κ3) is 3.24. The number of rotatable bonds is 3. The highest BCUT2D eigenvalue weighted by atomic mass is 16.6. The first kappa shape index (κ1) is 14.3. The Labute approximate surface area is 118 Å². The fraction of sp³-hybridized carbons (Fsp3) is 0.0769. The number of benzene rings is 1. The van der Waals surface area contributed by atoms with E-state index in [1.807, 2.05) is 0 Å². The van der Waals surface area contributed by atoms with Crippen molar-refractivity contribution >= 4 is 17.5 Å². The second-order valence-electron chi connectivity index (χ2n) is 4.16. The van der Waals surface area contributed by atoms with Gasteiger partial charge in [-0.1, -0.05) is 6.07 Å². The van der Waals surface area contributed by atoms with Crippen LogP contribution in [-0.4, -0.2) is 16.7 Å². The summed E-state index contributed by atoms with van der Waals surface area (Å²) in [5, 5.41) is 10.9. The lowest BCUT2D eigenvalue weighted by Gasteiger charge is -2.07. The SMILES string of the molecule is Cc1ccc([N+](=O)[O-])c(C(=O)NNC(=O)c2ccco2)c1. The van der Waals surface area contributed by atoms with Gasteiger partial charge in [-0.2, -0.15) is 0 Å². The molecule has 1 heterocycles. The van der Waals surface area contributed by atoms with Crippen LogP contribution in [0.5, 0.6) is 0 Å². The van der Waals surface area contributed by atoms with E-state index >= 15 is 0 Å². The van der Waals surface area contributed by atoms with Crippen LogP contribution in [0.2, 0.25) is 0 Å². The maximum absolute atomic E-state index is 11.9. The minimum absolute atomic E-state index is 0.00837. The number of nitrogens with zero attached hydrogens (tertiary/aromatic N) is 1. The first-order valence-corrected chi connectivity index (χ1v) is 5.88. The van der Waals surface area contributed by atoms with E-state index in [-0.39, 0.29) is 17.0 Å². The fourth-order valence-corrected chi connectivity index (χ4v) is 1.64. The van der Waals surface area contributed by atoms with Gasteiger partial charge in [0.15, 0.2) is 5.76 Å². The summed E-state index contributed by atoms with van der Waals surface area (Å²) in [6.45, 7) is 1.70. The number of nitrogens with one attached hydrogen (secondary N) is 2. The van der Waals surface area contributed by atoms with Crippen LogP contribution in [0.4, 0.5) is 5.69 Å². The molecular weight excluding hydrogens is 278 g/mol. The minimum Gasteiger partial charge on any atom is -0.459 e. The van der Waals surface area contributed by atoms with E-state index in [0.717, 1.165) is 0 Å². The molecule has 108 valence electrons. The first-order valence-electron chi connectivity index (χ1n) is 5.88. The van der Waals surface area contributed by atoms with Crippen molar-refractivity contribution in [3.63, 3.8) is 0 Å². The van der Waals surface area contributed by atoms with Crippen LogP contribution in [0.25, 0.3) is 0 Å². The Morgan fingerprint density at radius 1 is 1.19 bits per heavy atom. The molecule has 21 heavy (non-hydrogen) atoms. The Morgan fingerprint density at radius 3 is 2.52 bits per heavy atom. The number of hydrogen-bond donors (Lipinski definition) is 2. The van der Waals surface area contributed by atoms with Crippen LogP contribution in [-0.2, 0) is 0 Å². The van der Waals surface area contributed by atoms with E-state index in [4.69, 9.17) is 4.42 Å². The van der Waals surface area contributed by atoms with Gasteiger partial charge in [-0.3, -0.25) is 30.6 Å². The zero-order valence-electron chi connectivity index (χ0n) is 11.0. The van der Waals surface area contributed by atoms with E-state index in [1.54, 1.807) is 6.92 Å². The molecule has 8 heteroatoms. The largest absolute Gasteiger partial charge is 0.459 e. The molecule has 0 radical (unpaired) electrons. The summed E-state index contributed by atoms with van der Waals surface area (Å²) >= 11 is 0. The number of nitro groups is 1. The lowest BCUT2D eigenvalue weighted by molar-refractivity contribution is -0.385. The van der Waals surface area contributed by atoms with Crippen molar-refractivity contribution in [2.24, 2.45) is 0 Å². The topological polar surface area (TPSA) is 114 Å². The van der Waals surface area contributed by atoms with Gasteiger partial charge < -0.3 is 4.42 Å². The summed E-state index contributed by atoms with van der Waals surface area (Å²) in [7, 11) is 0. The molecule has 1 aromatic heterocycles. The summed E-state index contributed by atoms with van der Waals surface area (Å²) in [5.41, 5.74) is 4.42. The molecule has 2 amide bonds. The molecule has 0 fully saturated rings. The van der Waals surface area contributed by atoms with Gasteiger partial charge in [-0.25, -0.2) is 0 Å². The monoisotopic (exact) mass is 289 g/mol. The summed E-state index contributed by atoms with van der Waals surface area (Å²) in [5.74, 6) is -1.44. The Bertz CT molecular complexity index is 694. The molecule has 8 nitrogen and oxygen atoms in total. The molecule has 2 rings (SSSR count). The number of aryl methyl sites for hydroxylation is 1. The summed E-state index contributed by atoms with van der Waals surface area (Å²) in [6, 6.07) is 7.06. The van der Waals surface area contributed by atoms with Crippen molar-refractivity contribution in [1.29, 1.82) is 0 Å². The van der Waals surface area contributed by atoms with E-state index in [9.17, 15) is 19.7 Å². The Kier molecular flexibility index (Phi) is 3.98. The summed E-state index contributed by atoms with van der Waals surface area (Å²) < 4.78 is 4.84.